The minimum atomic E-state index is -1.63. The lowest BCUT2D eigenvalue weighted by atomic mass is 9.99. The molecule has 308 valence electrons. The van der Waals surface area contributed by atoms with Gasteiger partial charge in [-0.3, -0.25) is 4.79 Å². The highest BCUT2D eigenvalue weighted by Gasteiger charge is 2.44. The van der Waals surface area contributed by atoms with Gasteiger partial charge in [0.05, 0.1) is 25.4 Å². The van der Waals surface area contributed by atoms with Crippen molar-refractivity contribution in [2.75, 3.05) is 13.2 Å². The number of ether oxygens (including phenoxy) is 2. The van der Waals surface area contributed by atoms with Gasteiger partial charge in [-0.1, -0.05) is 158 Å². The zero-order chi connectivity index (χ0) is 39.1. The number of allylic oxidation sites excluding steroid dienone is 6. The first kappa shape index (κ1) is 49.1. The summed E-state index contributed by atoms with van der Waals surface area (Å²) in [5, 5.41) is 64.3. The van der Waals surface area contributed by atoms with Gasteiger partial charge in [0.2, 0.25) is 0 Å². The molecule has 0 unspecified atom stereocenters. The molecule has 10 heteroatoms. The molecule has 7 N–H and O–H groups in total. The second-order valence-electron chi connectivity index (χ2n) is 14.7. The fourth-order valence-corrected chi connectivity index (χ4v) is 6.29. The zero-order valence-corrected chi connectivity index (χ0v) is 33.3. The van der Waals surface area contributed by atoms with E-state index in [1.54, 1.807) is 12.2 Å². The fraction of sp³-hybridized carbons (Fsp3) is 0.791. The van der Waals surface area contributed by atoms with Gasteiger partial charge in [-0.2, -0.15) is 0 Å². The van der Waals surface area contributed by atoms with Crippen LogP contribution in [0.15, 0.2) is 48.1 Å². The van der Waals surface area contributed by atoms with E-state index in [0.29, 0.717) is 6.42 Å². The van der Waals surface area contributed by atoms with E-state index in [1.165, 1.54) is 108 Å². The summed E-state index contributed by atoms with van der Waals surface area (Å²) in [6.07, 6.45) is 27.7. The Kier molecular flexibility index (Phi) is 30.0. The third kappa shape index (κ3) is 23.6. The van der Waals surface area contributed by atoms with Crippen molar-refractivity contribution in [1.29, 1.82) is 0 Å². The van der Waals surface area contributed by atoms with Crippen LogP contribution in [-0.4, -0.2) is 98.7 Å². The van der Waals surface area contributed by atoms with Crippen molar-refractivity contribution in [3.8, 4) is 0 Å². The molecule has 0 saturated carbocycles. The summed E-state index contributed by atoms with van der Waals surface area (Å²) in [5.74, 6) is -0.721. The minimum absolute atomic E-state index is 0.350. The number of hydrogen-bond acceptors (Lipinski definition) is 9. The van der Waals surface area contributed by atoms with Gasteiger partial charge in [0.1, 0.15) is 24.4 Å². The van der Waals surface area contributed by atoms with Crippen molar-refractivity contribution in [2.24, 2.45) is 0 Å². The average Bonchev–Trinajstić information content (AvgIpc) is 3.15. The summed E-state index contributed by atoms with van der Waals surface area (Å²) in [6.45, 7) is 5.56. The van der Waals surface area contributed by atoms with Gasteiger partial charge in [0.15, 0.2) is 12.4 Å². The smallest absolute Gasteiger partial charge is 0.253 e. The number of nitrogens with one attached hydrogen (secondary N) is 1. The number of hydrogen-bond donors (Lipinski definition) is 7. The van der Waals surface area contributed by atoms with E-state index in [-0.39, 0.29) is 6.61 Å². The van der Waals surface area contributed by atoms with E-state index in [0.717, 1.165) is 32.1 Å². The molecule has 53 heavy (non-hydrogen) atoms. The predicted octanol–water partition coefficient (Wildman–Crippen LogP) is 6.86. The molecule has 1 aliphatic heterocycles. The molecule has 1 aliphatic rings. The summed E-state index contributed by atoms with van der Waals surface area (Å²) < 4.78 is 11.1. The normalized spacial score (nSPS) is 23.0. The highest BCUT2D eigenvalue weighted by atomic mass is 16.7. The van der Waals surface area contributed by atoms with Crippen LogP contribution in [0.5, 0.6) is 0 Å². The molecule has 0 bridgehead atoms. The molecule has 1 saturated heterocycles. The van der Waals surface area contributed by atoms with Crippen LogP contribution in [-0.2, 0) is 14.3 Å². The van der Waals surface area contributed by atoms with E-state index in [4.69, 9.17) is 9.47 Å². The van der Waals surface area contributed by atoms with Crippen molar-refractivity contribution in [1.82, 2.24) is 5.32 Å². The topological polar surface area (TPSA) is 169 Å². The molecule has 0 aromatic carbocycles. The summed E-state index contributed by atoms with van der Waals surface area (Å²) in [6, 6.07) is -1.04. The lowest BCUT2D eigenvalue weighted by Crippen LogP contribution is -2.60. The number of carbonyl (C=O) groups excluding carboxylic acids is 1. The number of rotatable bonds is 32. The predicted molar refractivity (Wildman–Crippen MR) is 213 cm³/mol. The SMILES string of the molecule is CCCCCCC/C=C/C(C)=C/CC/C=C/[C@@H](O)[C@H](CO[C@@H]1O[C@H](CO)[C@@H](O)[C@H](O)[C@H]1O)NC(=O)[C@H](O)/C=C/CCCCCCCCCCCCCC. The summed E-state index contributed by atoms with van der Waals surface area (Å²) in [5.41, 5.74) is 1.17. The maximum atomic E-state index is 13.0. The van der Waals surface area contributed by atoms with Crippen LogP contribution in [0.4, 0.5) is 0 Å². The Balaban J connectivity index is 2.62. The lowest BCUT2D eigenvalue weighted by Gasteiger charge is -2.40. The number of aliphatic hydroxyl groups is 6. The van der Waals surface area contributed by atoms with Crippen molar-refractivity contribution < 1.29 is 44.9 Å². The van der Waals surface area contributed by atoms with Gasteiger partial charge in [0.25, 0.3) is 5.91 Å². The Bertz CT molecular complexity index is 1010. The molecule has 1 fully saturated rings. The Labute approximate surface area is 321 Å². The largest absolute Gasteiger partial charge is 0.394 e. The first-order valence-corrected chi connectivity index (χ1v) is 20.9. The van der Waals surface area contributed by atoms with E-state index < -0.39 is 61.5 Å². The fourth-order valence-electron chi connectivity index (χ4n) is 6.29. The van der Waals surface area contributed by atoms with Crippen molar-refractivity contribution in [2.45, 2.75) is 205 Å². The second kappa shape index (κ2) is 32.4. The molecular weight excluding hydrogens is 674 g/mol. The highest BCUT2D eigenvalue weighted by molar-refractivity contribution is 5.82. The molecular formula is C43H77NO9. The van der Waals surface area contributed by atoms with E-state index in [2.05, 4.69) is 44.3 Å². The lowest BCUT2D eigenvalue weighted by molar-refractivity contribution is -0.302. The van der Waals surface area contributed by atoms with Crippen LogP contribution in [0.3, 0.4) is 0 Å². The van der Waals surface area contributed by atoms with Crippen LogP contribution < -0.4 is 5.32 Å². The molecule has 1 heterocycles. The third-order valence-corrected chi connectivity index (χ3v) is 9.83. The quantitative estimate of drug-likeness (QED) is 0.0221. The van der Waals surface area contributed by atoms with Crippen LogP contribution >= 0.6 is 0 Å². The van der Waals surface area contributed by atoms with Gasteiger partial charge in [-0.25, -0.2) is 0 Å². The van der Waals surface area contributed by atoms with Crippen molar-refractivity contribution in [3.05, 3.63) is 48.1 Å². The molecule has 0 radical (unpaired) electrons. The highest BCUT2D eigenvalue weighted by Crippen LogP contribution is 2.22. The Hall–Kier alpha value is -1.89. The molecule has 0 spiro atoms. The minimum Gasteiger partial charge on any atom is -0.394 e. The summed E-state index contributed by atoms with van der Waals surface area (Å²) in [7, 11) is 0. The van der Waals surface area contributed by atoms with E-state index in [9.17, 15) is 35.4 Å². The Morgan fingerprint density at radius 1 is 0.698 bits per heavy atom. The molecule has 0 aromatic rings. The third-order valence-electron chi connectivity index (χ3n) is 9.83. The Morgan fingerprint density at radius 2 is 1.23 bits per heavy atom. The Morgan fingerprint density at radius 3 is 1.79 bits per heavy atom. The van der Waals surface area contributed by atoms with Gasteiger partial charge in [-0.15, -0.1) is 0 Å². The van der Waals surface area contributed by atoms with Crippen LogP contribution in [0.25, 0.3) is 0 Å². The number of amides is 1. The molecule has 10 nitrogen and oxygen atoms in total. The van der Waals surface area contributed by atoms with Gasteiger partial charge >= 0.3 is 0 Å². The zero-order valence-electron chi connectivity index (χ0n) is 33.3. The number of aliphatic hydroxyl groups excluding tert-OH is 6. The average molecular weight is 752 g/mol. The maximum Gasteiger partial charge on any atom is 0.253 e. The summed E-state index contributed by atoms with van der Waals surface area (Å²) in [4.78, 5) is 13.0. The van der Waals surface area contributed by atoms with Gasteiger partial charge in [0, 0.05) is 0 Å². The second-order valence-corrected chi connectivity index (χ2v) is 14.7. The van der Waals surface area contributed by atoms with Crippen LogP contribution in [0.2, 0.25) is 0 Å². The van der Waals surface area contributed by atoms with Gasteiger partial charge < -0.3 is 45.4 Å². The van der Waals surface area contributed by atoms with E-state index >= 15 is 0 Å². The van der Waals surface area contributed by atoms with Crippen LogP contribution in [0, 0.1) is 0 Å². The molecule has 8 atom stereocenters. The standard InChI is InChI=1S/C43H77NO9/c1-4-6-8-10-12-13-14-15-16-17-18-20-22-26-31-37(47)42(51)44-35(33-52-43-41(50)40(49)39(48)38(32-45)53-43)36(46)30-27-23-25-29-34(3)28-24-21-19-11-9-7-5-2/h24,26-31,35-41,43,45-50H,4-23,25,32-33H2,1-3H3,(H,44,51)/b28-24+,30-27+,31-26+,34-29+/t35-,36+,37+,38+,39+,40-,41+,43+/m0/s1. The first-order valence-electron chi connectivity index (χ1n) is 20.9. The van der Waals surface area contributed by atoms with Gasteiger partial charge in [-0.05, 0) is 45.4 Å². The molecule has 0 aliphatic carbocycles. The maximum absolute atomic E-state index is 13.0. The van der Waals surface area contributed by atoms with Crippen molar-refractivity contribution in [3.63, 3.8) is 0 Å². The number of unbranched alkanes of at least 4 members (excludes halogenated alkanes) is 18. The molecule has 1 amide bonds. The first-order chi connectivity index (χ1) is 25.7. The molecule has 1 rings (SSSR count). The monoisotopic (exact) mass is 752 g/mol. The van der Waals surface area contributed by atoms with E-state index in [1.807, 2.05) is 6.08 Å². The van der Waals surface area contributed by atoms with Crippen LogP contribution in [0.1, 0.15) is 156 Å². The molecule has 0 aromatic heterocycles. The number of carbonyl (C=O) groups is 1. The van der Waals surface area contributed by atoms with Crippen molar-refractivity contribution >= 4 is 5.91 Å². The summed E-state index contributed by atoms with van der Waals surface area (Å²) >= 11 is 0.